The summed E-state index contributed by atoms with van der Waals surface area (Å²) in [5, 5.41) is 9.88. The van der Waals surface area contributed by atoms with Gasteiger partial charge in [0, 0.05) is 0 Å². The van der Waals surface area contributed by atoms with Gasteiger partial charge in [-0.1, -0.05) is 37.1 Å². The topological polar surface area (TPSA) is 46.5 Å². The first-order valence-corrected chi connectivity index (χ1v) is 7.61. The number of aliphatic hydroxyl groups is 1. The van der Waals surface area contributed by atoms with Gasteiger partial charge < -0.3 is 9.84 Å². The molecule has 0 radical (unpaired) electrons. The molecule has 1 aliphatic rings. The summed E-state index contributed by atoms with van der Waals surface area (Å²) >= 11 is 0. The molecule has 1 aromatic rings. The van der Waals surface area contributed by atoms with Crippen molar-refractivity contribution in [2.45, 2.75) is 57.5 Å². The lowest BCUT2D eigenvalue weighted by Gasteiger charge is -2.12. The minimum absolute atomic E-state index is 0.0677. The van der Waals surface area contributed by atoms with Crippen molar-refractivity contribution in [2.24, 2.45) is 0 Å². The van der Waals surface area contributed by atoms with E-state index >= 15 is 0 Å². The van der Waals surface area contributed by atoms with E-state index in [-0.39, 0.29) is 12.4 Å². The summed E-state index contributed by atoms with van der Waals surface area (Å²) < 4.78 is 4.84. The lowest BCUT2D eigenvalue weighted by atomic mass is 9.95. The third kappa shape index (κ3) is 4.34. The molecule has 2 rings (SSSR count). The third-order valence-corrected chi connectivity index (χ3v) is 3.99. The second-order valence-electron chi connectivity index (χ2n) is 5.59. The Balaban J connectivity index is 1.85. The zero-order chi connectivity index (χ0) is 14.4. The van der Waals surface area contributed by atoms with Gasteiger partial charge in [0.15, 0.2) is 0 Å². The normalized spacial score (nSPS) is 17.1. The van der Waals surface area contributed by atoms with Crippen LogP contribution in [-0.2, 0) is 16.0 Å². The summed E-state index contributed by atoms with van der Waals surface area (Å²) in [4.78, 5) is 11.3. The van der Waals surface area contributed by atoms with Crippen LogP contribution in [0.4, 0.5) is 0 Å². The monoisotopic (exact) mass is 276 g/mol. The highest BCUT2D eigenvalue weighted by molar-refractivity contribution is 5.69. The Morgan fingerprint density at radius 1 is 1.30 bits per heavy atom. The molecule has 110 valence electrons. The van der Waals surface area contributed by atoms with E-state index in [1.54, 1.807) is 6.92 Å². The number of rotatable bonds is 6. The highest BCUT2D eigenvalue weighted by Gasteiger charge is 2.17. The van der Waals surface area contributed by atoms with Gasteiger partial charge in [-0.25, -0.2) is 0 Å². The second-order valence-corrected chi connectivity index (χ2v) is 5.59. The van der Waals surface area contributed by atoms with Gasteiger partial charge in [-0.2, -0.15) is 0 Å². The van der Waals surface area contributed by atoms with Crippen LogP contribution in [0, 0.1) is 0 Å². The molecule has 0 unspecified atom stereocenters. The first kappa shape index (κ1) is 15.0. The second kappa shape index (κ2) is 7.44. The van der Waals surface area contributed by atoms with E-state index in [0.29, 0.717) is 18.9 Å². The molecule has 20 heavy (non-hydrogen) atoms. The standard InChI is InChI=1S/C17H24O3/c1-2-20-17(19)12-16(18)11-13-7-9-15(10-8-13)14-5-3-4-6-14/h7-10,14,16,18H,2-6,11-12H2,1H3/t16-/m0/s1. The highest BCUT2D eigenvalue weighted by Crippen LogP contribution is 2.34. The number of carbonyl (C=O) groups excluding carboxylic acids is 1. The lowest BCUT2D eigenvalue weighted by molar-refractivity contribution is -0.145. The van der Waals surface area contributed by atoms with Crippen molar-refractivity contribution in [2.75, 3.05) is 6.61 Å². The molecule has 1 atom stereocenters. The molecular weight excluding hydrogens is 252 g/mol. The van der Waals surface area contributed by atoms with Crippen LogP contribution in [0.25, 0.3) is 0 Å². The Hall–Kier alpha value is -1.35. The van der Waals surface area contributed by atoms with Crippen LogP contribution < -0.4 is 0 Å². The van der Waals surface area contributed by atoms with Crippen LogP contribution in [0.3, 0.4) is 0 Å². The molecule has 0 aliphatic heterocycles. The van der Waals surface area contributed by atoms with E-state index in [1.165, 1.54) is 31.2 Å². The van der Waals surface area contributed by atoms with Crippen LogP contribution >= 0.6 is 0 Å². The van der Waals surface area contributed by atoms with Crippen LogP contribution in [0.2, 0.25) is 0 Å². The average Bonchev–Trinajstić information content (AvgIpc) is 2.93. The smallest absolute Gasteiger partial charge is 0.308 e. The molecule has 0 aromatic heterocycles. The van der Waals surface area contributed by atoms with Gasteiger partial charge in [0.25, 0.3) is 0 Å². The SMILES string of the molecule is CCOC(=O)C[C@@H](O)Cc1ccc(C2CCCC2)cc1. The number of hydrogen-bond donors (Lipinski definition) is 1. The number of esters is 1. The third-order valence-electron chi connectivity index (χ3n) is 3.99. The molecule has 0 spiro atoms. The number of ether oxygens (including phenoxy) is 1. The van der Waals surface area contributed by atoms with Gasteiger partial charge in [0.05, 0.1) is 19.1 Å². The molecular formula is C17H24O3. The fraction of sp³-hybridized carbons (Fsp3) is 0.588. The van der Waals surface area contributed by atoms with Crippen LogP contribution in [-0.4, -0.2) is 23.8 Å². The summed E-state index contributed by atoms with van der Waals surface area (Å²) in [7, 11) is 0. The van der Waals surface area contributed by atoms with Gasteiger partial charge in [-0.15, -0.1) is 0 Å². The summed E-state index contributed by atoms with van der Waals surface area (Å²) in [6.45, 7) is 2.13. The Morgan fingerprint density at radius 3 is 2.55 bits per heavy atom. The zero-order valence-electron chi connectivity index (χ0n) is 12.2. The minimum atomic E-state index is -0.661. The first-order chi connectivity index (χ1) is 9.69. The molecule has 3 heteroatoms. The van der Waals surface area contributed by atoms with E-state index in [4.69, 9.17) is 4.74 Å². The fourth-order valence-electron chi connectivity index (χ4n) is 2.94. The maximum atomic E-state index is 11.3. The van der Waals surface area contributed by atoms with Crippen molar-refractivity contribution in [3.63, 3.8) is 0 Å². The van der Waals surface area contributed by atoms with Gasteiger partial charge in [0.2, 0.25) is 0 Å². The predicted octanol–water partition coefficient (Wildman–Crippen LogP) is 3.20. The summed E-state index contributed by atoms with van der Waals surface area (Å²) in [5.74, 6) is 0.385. The van der Waals surface area contributed by atoms with Crippen molar-refractivity contribution in [1.29, 1.82) is 0 Å². The molecule has 1 aliphatic carbocycles. The Bertz CT molecular complexity index is 418. The molecule has 3 nitrogen and oxygen atoms in total. The van der Waals surface area contributed by atoms with Gasteiger partial charge >= 0.3 is 5.97 Å². The summed E-state index contributed by atoms with van der Waals surface area (Å²) in [6, 6.07) is 8.48. The average molecular weight is 276 g/mol. The van der Waals surface area contributed by atoms with E-state index in [0.717, 1.165) is 5.56 Å². The van der Waals surface area contributed by atoms with Crippen molar-refractivity contribution < 1.29 is 14.6 Å². The predicted molar refractivity (Wildman–Crippen MR) is 78.6 cm³/mol. The molecule has 0 bridgehead atoms. The number of carbonyl (C=O) groups is 1. The van der Waals surface area contributed by atoms with Crippen molar-refractivity contribution in [1.82, 2.24) is 0 Å². The largest absolute Gasteiger partial charge is 0.466 e. The number of aliphatic hydroxyl groups excluding tert-OH is 1. The lowest BCUT2D eigenvalue weighted by Crippen LogP contribution is -2.18. The van der Waals surface area contributed by atoms with Gasteiger partial charge in [-0.3, -0.25) is 4.79 Å². The van der Waals surface area contributed by atoms with E-state index < -0.39 is 6.10 Å². The molecule has 1 N–H and O–H groups in total. The maximum absolute atomic E-state index is 11.3. The Kier molecular flexibility index (Phi) is 5.60. The summed E-state index contributed by atoms with van der Waals surface area (Å²) in [6.07, 6.45) is 5.18. The van der Waals surface area contributed by atoms with Crippen LogP contribution in [0.5, 0.6) is 0 Å². The molecule has 0 saturated heterocycles. The van der Waals surface area contributed by atoms with Gasteiger partial charge in [0.1, 0.15) is 0 Å². The van der Waals surface area contributed by atoms with E-state index in [2.05, 4.69) is 24.3 Å². The quantitative estimate of drug-likeness (QED) is 0.812. The minimum Gasteiger partial charge on any atom is -0.466 e. The molecule has 0 heterocycles. The van der Waals surface area contributed by atoms with Crippen molar-refractivity contribution >= 4 is 5.97 Å². The molecule has 0 amide bonds. The summed E-state index contributed by atoms with van der Waals surface area (Å²) in [5.41, 5.74) is 2.48. The number of benzene rings is 1. The highest BCUT2D eigenvalue weighted by atomic mass is 16.5. The van der Waals surface area contributed by atoms with Crippen molar-refractivity contribution in [3.8, 4) is 0 Å². The number of hydrogen-bond acceptors (Lipinski definition) is 3. The van der Waals surface area contributed by atoms with Crippen molar-refractivity contribution in [3.05, 3.63) is 35.4 Å². The Labute approximate surface area is 121 Å². The molecule has 1 aromatic carbocycles. The fourth-order valence-corrected chi connectivity index (χ4v) is 2.94. The van der Waals surface area contributed by atoms with Crippen LogP contribution in [0.1, 0.15) is 56.1 Å². The van der Waals surface area contributed by atoms with Crippen LogP contribution in [0.15, 0.2) is 24.3 Å². The first-order valence-electron chi connectivity index (χ1n) is 7.61. The molecule has 1 saturated carbocycles. The van der Waals surface area contributed by atoms with E-state index in [1.807, 2.05) is 0 Å². The molecule has 1 fully saturated rings. The Morgan fingerprint density at radius 2 is 1.95 bits per heavy atom. The maximum Gasteiger partial charge on any atom is 0.308 e. The van der Waals surface area contributed by atoms with Gasteiger partial charge in [-0.05, 0) is 43.2 Å². The van der Waals surface area contributed by atoms with E-state index in [9.17, 15) is 9.90 Å². The zero-order valence-corrected chi connectivity index (χ0v) is 12.2.